The quantitative estimate of drug-likeness (QED) is 0.474. The zero-order valence-corrected chi connectivity index (χ0v) is 18.7. The average Bonchev–Trinajstić information content (AvgIpc) is 3.00. The number of ether oxygens (including phenoxy) is 1. The molecule has 0 aliphatic carbocycles. The molecule has 9 heteroatoms. The lowest BCUT2D eigenvalue weighted by Gasteiger charge is -2.22. The molecule has 0 aromatic heterocycles. The summed E-state index contributed by atoms with van der Waals surface area (Å²) in [5.41, 5.74) is 1.91. The van der Waals surface area contributed by atoms with Gasteiger partial charge in [0.2, 0.25) is 0 Å². The molecule has 1 unspecified atom stereocenters. The van der Waals surface area contributed by atoms with Crippen molar-refractivity contribution in [2.24, 2.45) is 0 Å². The number of anilines is 1. The topological polar surface area (TPSA) is 87.1 Å². The fraction of sp³-hybridized carbons (Fsp3) is 0.130. The number of halogens is 3. The van der Waals surface area contributed by atoms with Gasteiger partial charge in [-0.2, -0.15) is 0 Å². The summed E-state index contributed by atoms with van der Waals surface area (Å²) >= 11 is 18.5. The third-order valence-corrected chi connectivity index (χ3v) is 5.91. The van der Waals surface area contributed by atoms with Gasteiger partial charge in [-0.1, -0.05) is 53.0 Å². The first-order valence-electron chi connectivity index (χ1n) is 9.47. The summed E-state index contributed by atoms with van der Waals surface area (Å²) in [7, 11) is 0. The van der Waals surface area contributed by atoms with Crippen LogP contribution in [0.3, 0.4) is 0 Å². The first-order chi connectivity index (χ1) is 15.3. The number of nitrogens with zero attached hydrogens (tertiary/aromatic N) is 1. The van der Waals surface area contributed by atoms with E-state index in [1.165, 1.54) is 18.2 Å². The van der Waals surface area contributed by atoms with Crippen LogP contribution in [0.5, 0.6) is 5.75 Å². The Morgan fingerprint density at radius 1 is 0.969 bits per heavy atom. The van der Waals surface area contributed by atoms with E-state index in [0.717, 1.165) is 10.5 Å². The molecule has 3 aromatic rings. The molecule has 4 rings (SSSR count). The van der Waals surface area contributed by atoms with Crippen LogP contribution < -0.4 is 9.64 Å². The highest BCUT2D eigenvalue weighted by Gasteiger charge is 2.41. The molecule has 0 radical (unpaired) electrons. The summed E-state index contributed by atoms with van der Waals surface area (Å²) in [6.45, 7) is 0.180. The lowest BCUT2D eigenvalue weighted by atomic mass is 10.1. The Kier molecular flexibility index (Phi) is 6.31. The van der Waals surface area contributed by atoms with Crippen molar-refractivity contribution in [1.82, 2.24) is 0 Å². The second-order valence-electron chi connectivity index (χ2n) is 7.15. The maximum absolute atomic E-state index is 13.3. The second kappa shape index (κ2) is 9.00. The molecule has 1 amide bonds. The first-order valence-corrected chi connectivity index (χ1v) is 10.6. The Bertz CT molecular complexity index is 1210. The SMILES string of the molecule is O=C(O)Cc1ccc(N2C(=O)c3c(OCc4ccc(Cl)cc4)ccc(Cl)c3C2O)c(Cl)c1. The van der Waals surface area contributed by atoms with Crippen molar-refractivity contribution in [2.75, 3.05) is 4.90 Å². The lowest BCUT2D eigenvalue weighted by molar-refractivity contribution is -0.136. The molecule has 0 fully saturated rings. The number of carbonyl (C=O) groups is 2. The number of aliphatic hydroxyl groups is 1. The van der Waals surface area contributed by atoms with Gasteiger partial charge in [-0.3, -0.25) is 14.5 Å². The van der Waals surface area contributed by atoms with Crippen LogP contribution in [0.1, 0.15) is 33.3 Å². The Hall–Kier alpha value is -2.77. The fourth-order valence-corrected chi connectivity index (χ4v) is 4.22. The predicted octanol–water partition coefficient (Wildman–Crippen LogP) is 5.50. The number of rotatable bonds is 6. The van der Waals surface area contributed by atoms with Crippen LogP contribution in [0.15, 0.2) is 54.6 Å². The molecule has 1 heterocycles. The van der Waals surface area contributed by atoms with Crippen LogP contribution in [-0.2, 0) is 17.8 Å². The highest BCUT2D eigenvalue weighted by molar-refractivity contribution is 6.35. The maximum Gasteiger partial charge on any atom is 0.307 e. The molecule has 0 bridgehead atoms. The zero-order valence-electron chi connectivity index (χ0n) is 16.4. The van der Waals surface area contributed by atoms with Gasteiger partial charge in [-0.15, -0.1) is 0 Å². The van der Waals surface area contributed by atoms with Crippen LogP contribution in [0.4, 0.5) is 5.69 Å². The molecule has 1 atom stereocenters. The van der Waals surface area contributed by atoms with E-state index in [1.807, 2.05) is 0 Å². The number of carbonyl (C=O) groups excluding carboxylic acids is 1. The molecule has 0 spiro atoms. The molecular formula is C23H16Cl3NO5. The van der Waals surface area contributed by atoms with Gasteiger partial charge in [0.25, 0.3) is 5.91 Å². The number of hydrogen-bond donors (Lipinski definition) is 2. The number of aliphatic carboxylic acids is 1. The number of aliphatic hydroxyl groups excluding tert-OH is 1. The Balaban J connectivity index is 1.66. The summed E-state index contributed by atoms with van der Waals surface area (Å²) in [5, 5.41) is 20.8. The van der Waals surface area contributed by atoms with E-state index in [2.05, 4.69) is 0 Å². The molecule has 1 aliphatic heterocycles. The zero-order chi connectivity index (χ0) is 23.0. The molecule has 164 valence electrons. The Morgan fingerprint density at radius 3 is 2.31 bits per heavy atom. The fourth-order valence-electron chi connectivity index (χ4n) is 3.54. The minimum atomic E-state index is -1.38. The van der Waals surface area contributed by atoms with E-state index in [9.17, 15) is 14.7 Å². The van der Waals surface area contributed by atoms with Gasteiger partial charge in [0.05, 0.1) is 22.7 Å². The van der Waals surface area contributed by atoms with Gasteiger partial charge in [0, 0.05) is 15.6 Å². The van der Waals surface area contributed by atoms with Gasteiger partial charge in [0.15, 0.2) is 6.23 Å². The van der Waals surface area contributed by atoms with Gasteiger partial charge < -0.3 is 14.9 Å². The molecule has 0 saturated heterocycles. The number of amides is 1. The van der Waals surface area contributed by atoms with Crippen LogP contribution in [0.2, 0.25) is 15.1 Å². The summed E-state index contributed by atoms with van der Waals surface area (Å²) in [6, 6.07) is 14.7. The van der Waals surface area contributed by atoms with Gasteiger partial charge >= 0.3 is 5.97 Å². The summed E-state index contributed by atoms with van der Waals surface area (Å²) in [4.78, 5) is 25.4. The van der Waals surface area contributed by atoms with Crippen LogP contribution in [0, 0.1) is 0 Å². The normalized spacial score (nSPS) is 15.1. The van der Waals surface area contributed by atoms with E-state index in [0.29, 0.717) is 10.6 Å². The van der Waals surface area contributed by atoms with E-state index < -0.39 is 18.1 Å². The Labute approximate surface area is 198 Å². The number of fused-ring (bicyclic) bond motifs is 1. The minimum Gasteiger partial charge on any atom is -0.488 e. The molecular weight excluding hydrogens is 477 g/mol. The maximum atomic E-state index is 13.3. The van der Waals surface area contributed by atoms with E-state index in [1.54, 1.807) is 36.4 Å². The average molecular weight is 493 g/mol. The lowest BCUT2D eigenvalue weighted by Crippen LogP contribution is -2.28. The van der Waals surface area contributed by atoms with Crippen LogP contribution in [0.25, 0.3) is 0 Å². The van der Waals surface area contributed by atoms with Crippen molar-refractivity contribution in [3.05, 3.63) is 91.9 Å². The van der Waals surface area contributed by atoms with E-state index >= 15 is 0 Å². The largest absolute Gasteiger partial charge is 0.488 e. The summed E-state index contributed by atoms with van der Waals surface area (Å²) < 4.78 is 5.87. The third-order valence-electron chi connectivity index (χ3n) is 5.02. The second-order valence-corrected chi connectivity index (χ2v) is 8.41. The molecule has 3 aromatic carbocycles. The van der Waals surface area contributed by atoms with Crippen molar-refractivity contribution in [3.63, 3.8) is 0 Å². The van der Waals surface area contributed by atoms with Gasteiger partial charge in [-0.05, 0) is 47.5 Å². The number of carboxylic acid groups (broad SMARTS) is 1. The molecule has 2 N–H and O–H groups in total. The summed E-state index contributed by atoms with van der Waals surface area (Å²) in [5.74, 6) is -1.27. The monoisotopic (exact) mass is 491 g/mol. The third kappa shape index (κ3) is 4.27. The van der Waals surface area contributed by atoms with E-state index in [4.69, 9.17) is 44.6 Å². The van der Waals surface area contributed by atoms with E-state index in [-0.39, 0.29) is 45.6 Å². The van der Waals surface area contributed by atoms with Gasteiger partial charge in [0.1, 0.15) is 12.4 Å². The van der Waals surface area contributed by atoms with Gasteiger partial charge in [-0.25, -0.2) is 0 Å². The van der Waals surface area contributed by atoms with Crippen molar-refractivity contribution >= 4 is 52.4 Å². The standard InChI is InChI=1S/C23H16Cl3NO5/c24-14-4-1-12(2-5-14)11-32-18-8-6-15(25)20-21(18)23(31)27(22(20)30)17-7-3-13(9-16(17)26)10-19(28)29/h1-9,22,30H,10-11H2,(H,28,29). The molecule has 1 aliphatic rings. The van der Waals surface area contributed by atoms with Crippen molar-refractivity contribution in [2.45, 2.75) is 19.3 Å². The minimum absolute atomic E-state index is 0.128. The van der Waals surface area contributed by atoms with Crippen molar-refractivity contribution in [1.29, 1.82) is 0 Å². The number of carboxylic acids is 1. The number of hydrogen-bond acceptors (Lipinski definition) is 4. The van der Waals surface area contributed by atoms with Crippen LogP contribution in [-0.4, -0.2) is 22.1 Å². The summed E-state index contributed by atoms with van der Waals surface area (Å²) in [6.07, 6.45) is -1.60. The molecule has 0 saturated carbocycles. The van der Waals surface area contributed by atoms with Crippen molar-refractivity contribution < 1.29 is 24.5 Å². The number of benzene rings is 3. The first kappa shape index (κ1) is 22.4. The highest BCUT2D eigenvalue weighted by Crippen LogP contribution is 2.45. The Morgan fingerprint density at radius 2 is 1.66 bits per heavy atom. The molecule has 32 heavy (non-hydrogen) atoms. The smallest absolute Gasteiger partial charge is 0.307 e. The van der Waals surface area contributed by atoms with Crippen LogP contribution >= 0.6 is 34.8 Å². The predicted molar refractivity (Wildman–Crippen MR) is 122 cm³/mol. The van der Waals surface area contributed by atoms with Crippen molar-refractivity contribution in [3.8, 4) is 5.75 Å². The highest BCUT2D eigenvalue weighted by atomic mass is 35.5. The molecule has 6 nitrogen and oxygen atoms in total.